The second kappa shape index (κ2) is 5.11. The van der Waals surface area contributed by atoms with Crippen molar-refractivity contribution in [3.05, 3.63) is 36.5 Å². The molecule has 2 heterocycles. The molecule has 1 aliphatic heterocycles. The third kappa shape index (κ3) is 2.56. The Morgan fingerprint density at radius 1 is 1.19 bits per heavy atom. The minimum absolute atomic E-state index is 0.0508. The van der Waals surface area contributed by atoms with Gasteiger partial charge in [0.05, 0.1) is 5.69 Å². The molecule has 0 radical (unpaired) electrons. The van der Waals surface area contributed by atoms with Crippen LogP contribution in [0.3, 0.4) is 0 Å². The predicted octanol–water partition coefficient (Wildman–Crippen LogP) is 0.897. The number of aromatic nitrogens is 1. The second-order valence-electron chi connectivity index (χ2n) is 4.17. The van der Waals surface area contributed by atoms with Gasteiger partial charge in [0.15, 0.2) is 17.3 Å². The highest BCUT2D eigenvalue weighted by Gasteiger charge is 2.21. The first-order valence-electron chi connectivity index (χ1n) is 5.94. The van der Waals surface area contributed by atoms with E-state index in [1.807, 2.05) is 0 Å². The number of pyridine rings is 1. The Kier molecular flexibility index (Phi) is 3.28. The normalized spacial score (nSPS) is 13.0. The fourth-order valence-electron chi connectivity index (χ4n) is 1.89. The first-order chi connectivity index (χ1) is 10.1. The number of hydrazine groups is 1. The Hall–Kier alpha value is -2.52. The largest absolute Gasteiger partial charge is 0.454 e. The van der Waals surface area contributed by atoms with Crippen LogP contribution in [0.5, 0.6) is 11.5 Å². The molecule has 8 nitrogen and oxygen atoms in total. The molecule has 1 aromatic carbocycles. The average Bonchev–Trinajstić information content (AvgIpc) is 2.94. The van der Waals surface area contributed by atoms with Crippen LogP contribution >= 0.6 is 0 Å². The molecule has 21 heavy (non-hydrogen) atoms. The monoisotopic (exact) mass is 308 g/mol. The summed E-state index contributed by atoms with van der Waals surface area (Å²) in [6.07, 6.45) is 1.44. The van der Waals surface area contributed by atoms with Crippen LogP contribution in [0.4, 0.5) is 11.5 Å². The number of anilines is 2. The quantitative estimate of drug-likeness (QED) is 0.567. The molecule has 2 aromatic rings. The maximum Gasteiger partial charge on any atom is 0.265 e. The molecule has 1 aliphatic rings. The van der Waals surface area contributed by atoms with E-state index < -0.39 is 10.0 Å². The maximum atomic E-state index is 12.4. The summed E-state index contributed by atoms with van der Waals surface area (Å²) < 4.78 is 37.5. The summed E-state index contributed by atoms with van der Waals surface area (Å²) in [4.78, 5) is 3.81. The van der Waals surface area contributed by atoms with Gasteiger partial charge in [0.2, 0.25) is 6.79 Å². The lowest BCUT2D eigenvalue weighted by Gasteiger charge is -2.11. The van der Waals surface area contributed by atoms with E-state index in [9.17, 15) is 8.42 Å². The first kappa shape index (κ1) is 13.5. The molecule has 1 aromatic heterocycles. The molecule has 0 fully saturated rings. The summed E-state index contributed by atoms with van der Waals surface area (Å²) in [7, 11) is -3.82. The molecular weight excluding hydrogens is 296 g/mol. The summed E-state index contributed by atoms with van der Waals surface area (Å²) in [6, 6.07) is 7.67. The summed E-state index contributed by atoms with van der Waals surface area (Å²) in [5, 5.41) is 0. The predicted molar refractivity (Wildman–Crippen MR) is 75.4 cm³/mol. The van der Waals surface area contributed by atoms with E-state index in [0.717, 1.165) is 0 Å². The molecule has 0 saturated carbocycles. The Labute approximate surface area is 120 Å². The lowest BCUT2D eigenvalue weighted by molar-refractivity contribution is 0.174. The summed E-state index contributed by atoms with van der Waals surface area (Å²) >= 11 is 0. The number of nitrogens with one attached hydrogen (secondary N) is 2. The van der Waals surface area contributed by atoms with Crippen molar-refractivity contribution < 1.29 is 17.9 Å². The highest BCUT2D eigenvalue weighted by atomic mass is 32.2. The van der Waals surface area contributed by atoms with Gasteiger partial charge in [-0.05, 0) is 24.3 Å². The van der Waals surface area contributed by atoms with Crippen molar-refractivity contribution >= 4 is 21.5 Å². The highest BCUT2D eigenvalue weighted by Crippen LogP contribution is 2.35. The van der Waals surface area contributed by atoms with Gasteiger partial charge in [0.25, 0.3) is 10.0 Å². The third-order valence-corrected chi connectivity index (χ3v) is 4.23. The lowest BCUT2D eigenvalue weighted by atomic mass is 10.3. The number of benzene rings is 1. The van der Waals surface area contributed by atoms with E-state index in [1.54, 1.807) is 18.2 Å². The minimum atomic E-state index is -3.82. The van der Waals surface area contributed by atoms with Crippen molar-refractivity contribution in [1.82, 2.24) is 4.98 Å². The van der Waals surface area contributed by atoms with Crippen molar-refractivity contribution in [3.63, 3.8) is 0 Å². The molecule has 9 heteroatoms. The molecule has 0 atom stereocenters. The smallest absolute Gasteiger partial charge is 0.265 e. The molecule has 4 N–H and O–H groups in total. The standard InChI is InChI=1S/C12H12N4O4S/c13-15-12-11(2-1-5-14-12)21(17,18)16-8-3-4-9-10(6-8)20-7-19-9/h1-6,16H,7,13H2,(H,14,15). The van der Waals surface area contributed by atoms with E-state index in [1.165, 1.54) is 18.3 Å². The number of ether oxygens (including phenoxy) is 2. The van der Waals surface area contributed by atoms with Crippen molar-refractivity contribution in [3.8, 4) is 11.5 Å². The third-order valence-electron chi connectivity index (χ3n) is 2.82. The summed E-state index contributed by atoms with van der Waals surface area (Å²) in [5.41, 5.74) is 2.61. The highest BCUT2D eigenvalue weighted by molar-refractivity contribution is 7.92. The van der Waals surface area contributed by atoms with Crippen molar-refractivity contribution in [1.29, 1.82) is 0 Å². The topological polar surface area (TPSA) is 116 Å². The summed E-state index contributed by atoms with van der Waals surface area (Å²) in [5.74, 6) is 6.39. The van der Waals surface area contributed by atoms with Gasteiger partial charge in [0.1, 0.15) is 4.90 Å². The van der Waals surface area contributed by atoms with Crippen molar-refractivity contribution in [2.24, 2.45) is 5.84 Å². The number of hydrogen-bond donors (Lipinski definition) is 3. The minimum Gasteiger partial charge on any atom is -0.454 e. The van der Waals surface area contributed by atoms with Crippen LogP contribution in [-0.2, 0) is 10.0 Å². The zero-order chi connectivity index (χ0) is 14.9. The van der Waals surface area contributed by atoms with Gasteiger partial charge in [-0.3, -0.25) is 4.72 Å². The maximum absolute atomic E-state index is 12.4. The molecule has 0 saturated heterocycles. The molecular formula is C12H12N4O4S. The number of fused-ring (bicyclic) bond motifs is 1. The number of nitrogens with two attached hydrogens (primary N) is 1. The van der Waals surface area contributed by atoms with Crippen molar-refractivity contribution in [2.75, 3.05) is 16.9 Å². The number of hydrogen-bond acceptors (Lipinski definition) is 7. The van der Waals surface area contributed by atoms with Gasteiger partial charge in [-0.15, -0.1) is 0 Å². The molecule has 0 spiro atoms. The van der Waals surface area contributed by atoms with Crippen LogP contribution in [-0.4, -0.2) is 20.2 Å². The van der Waals surface area contributed by atoms with E-state index in [0.29, 0.717) is 17.2 Å². The number of sulfonamides is 1. The zero-order valence-corrected chi connectivity index (χ0v) is 11.6. The Morgan fingerprint density at radius 3 is 2.81 bits per heavy atom. The van der Waals surface area contributed by atoms with Crippen LogP contribution in [0.15, 0.2) is 41.4 Å². The van der Waals surface area contributed by atoms with Crippen LogP contribution in [0.2, 0.25) is 0 Å². The molecule has 3 rings (SSSR count). The van der Waals surface area contributed by atoms with Crippen LogP contribution < -0.4 is 25.5 Å². The van der Waals surface area contributed by atoms with E-state index >= 15 is 0 Å². The molecule has 110 valence electrons. The fraction of sp³-hybridized carbons (Fsp3) is 0.0833. The van der Waals surface area contributed by atoms with Crippen LogP contribution in [0.1, 0.15) is 0 Å². The SMILES string of the molecule is NNc1ncccc1S(=O)(=O)Nc1ccc2c(c1)OCO2. The molecule has 0 aliphatic carbocycles. The fourth-order valence-corrected chi connectivity index (χ4v) is 3.06. The van der Waals surface area contributed by atoms with Gasteiger partial charge < -0.3 is 14.9 Å². The van der Waals surface area contributed by atoms with Gasteiger partial charge in [-0.2, -0.15) is 0 Å². The van der Waals surface area contributed by atoms with Crippen molar-refractivity contribution in [2.45, 2.75) is 4.90 Å². The number of nitrogen functional groups attached to an aromatic ring is 1. The van der Waals surface area contributed by atoms with Crippen LogP contribution in [0.25, 0.3) is 0 Å². The Balaban J connectivity index is 1.93. The summed E-state index contributed by atoms with van der Waals surface area (Å²) in [6.45, 7) is 0.120. The van der Waals surface area contributed by atoms with Crippen LogP contribution in [0, 0.1) is 0 Å². The molecule has 0 bridgehead atoms. The van der Waals surface area contributed by atoms with Gasteiger partial charge >= 0.3 is 0 Å². The first-order valence-corrected chi connectivity index (χ1v) is 7.42. The molecule has 0 amide bonds. The van der Waals surface area contributed by atoms with Gasteiger partial charge in [-0.25, -0.2) is 19.2 Å². The van der Waals surface area contributed by atoms with E-state index in [4.69, 9.17) is 15.3 Å². The van der Waals surface area contributed by atoms with E-state index in [-0.39, 0.29) is 17.5 Å². The van der Waals surface area contributed by atoms with Gasteiger partial charge in [0, 0.05) is 12.3 Å². The lowest BCUT2D eigenvalue weighted by Crippen LogP contribution is -2.18. The molecule has 0 unspecified atom stereocenters. The second-order valence-corrected chi connectivity index (χ2v) is 5.82. The number of nitrogens with zero attached hydrogens (tertiary/aromatic N) is 1. The van der Waals surface area contributed by atoms with Gasteiger partial charge in [-0.1, -0.05) is 0 Å². The Morgan fingerprint density at radius 2 is 2.00 bits per heavy atom. The van der Waals surface area contributed by atoms with E-state index in [2.05, 4.69) is 15.1 Å². The Bertz CT molecular complexity index is 779. The average molecular weight is 308 g/mol. The number of rotatable bonds is 4. The zero-order valence-electron chi connectivity index (χ0n) is 10.7.